The fourth-order valence-electron chi connectivity index (χ4n) is 1.76. The molecule has 1 aromatic heterocycles. The number of hydrogen-bond acceptors (Lipinski definition) is 6. The summed E-state index contributed by atoms with van der Waals surface area (Å²) in [6.45, 7) is 3.12. The van der Waals surface area contributed by atoms with E-state index in [2.05, 4.69) is 15.3 Å². The highest BCUT2D eigenvalue weighted by Gasteiger charge is 2.16. The Hall–Kier alpha value is -1.89. The molecule has 0 aliphatic carbocycles. The molecule has 1 aliphatic heterocycles. The quantitative estimate of drug-likeness (QED) is 0.817. The molecule has 2 rings (SSSR count). The first-order valence-electron chi connectivity index (χ1n) is 6.25. The summed E-state index contributed by atoms with van der Waals surface area (Å²) in [4.78, 5) is 21.8. The van der Waals surface area contributed by atoms with E-state index in [1.807, 2.05) is 4.90 Å². The molecule has 0 unspecified atom stereocenters. The van der Waals surface area contributed by atoms with Gasteiger partial charge in [0.25, 0.3) is 0 Å². The zero-order valence-electron chi connectivity index (χ0n) is 11.0. The van der Waals surface area contributed by atoms with Crippen molar-refractivity contribution in [2.24, 2.45) is 0 Å². The van der Waals surface area contributed by atoms with Crippen molar-refractivity contribution in [2.75, 3.05) is 45.3 Å². The van der Waals surface area contributed by atoms with Crippen LogP contribution < -0.4 is 10.1 Å². The highest BCUT2D eigenvalue weighted by atomic mass is 16.5. The predicted molar refractivity (Wildman–Crippen MR) is 69.1 cm³/mol. The highest BCUT2D eigenvalue weighted by Crippen LogP contribution is 2.07. The third-order valence-electron chi connectivity index (χ3n) is 2.85. The number of carbonyl (C=O) groups excluding carboxylic acids is 1. The molecular weight excluding hydrogens is 248 g/mol. The van der Waals surface area contributed by atoms with E-state index in [1.54, 1.807) is 19.5 Å². The lowest BCUT2D eigenvalue weighted by atomic mass is 10.3. The minimum Gasteiger partial charge on any atom is -0.494 e. The normalized spacial score (nSPS) is 15.1. The van der Waals surface area contributed by atoms with Crippen molar-refractivity contribution >= 4 is 11.9 Å². The molecule has 0 spiro atoms. The second-order valence-corrected chi connectivity index (χ2v) is 4.12. The molecule has 1 aromatic rings. The Balaban J connectivity index is 1.71. The second kappa shape index (κ2) is 6.89. The van der Waals surface area contributed by atoms with Crippen LogP contribution in [0.4, 0.5) is 5.95 Å². The third-order valence-corrected chi connectivity index (χ3v) is 2.85. The molecule has 1 saturated heterocycles. The standard InChI is InChI=1S/C12H18N4O3/c1-18-10-8-14-12(15-9-10)13-3-2-11(17)16-4-6-19-7-5-16/h8-9H,2-7H2,1H3,(H,13,14,15). The number of rotatable bonds is 5. The summed E-state index contributed by atoms with van der Waals surface area (Å²) >= 11 is 0. The van der Waals surface area contributed by atoms with Crippen LogP contribution in [-0.2, 0) is 9.53 Å². The molecule has 0 bridgehead atoms. The largest absolute Gasteiger partial charge is 0.494 e. The fraction of sp³-hybridized carbons (Fsp3) is 0.583. The summed E-state index contributed by atoms with van der Waals surface area (Å²) in [5.41, 5.74) is 0. The monoisotopic (exact) mass is 266 g/mol. The first-order valence-corrected chi connectivity index (χ1v) is 6.25. The van der Waals surface area contributed by atoms with Gasteiger partial charge in [-0.25, -0.2) is 9.97 Å². The maximum absolute atomic E-state index is 11.9. The number of nitrogens with one attached hydrogen (secondary N) is 1. The molecular formula is C12H18N4O3. The number of methoxy groups -OCH3 is 1. The molecule has 7 heteroatoms. The molecule has 19 heavy (non-hydrogen) atoms. The topological polar surface area (TPSA) is 76.6 Å². The second-order valence-electron chi connectivity index (χ2n) is 4.12. The van der Waals surface area contributed by atoms with Crippen LogP contribution >= 0.6 is 0 Å². The molecule has 1 N–H and O–H groups in total. The first-order chi connectivity index (χ1) is 9.29. The van der Waals surface area contributed by atoms with Crippen LogP contribution in [0.1, 0.15) is 6.42 Å². The van der Waals surface area contributed by atoms with E-state index < -0.39 is 0 Å². The number of hydrogen-bond donors (Lipinski definition) is 1. The Labute approximate surface area is 111 Å². The van der Waals surface area contributed by atoms with Crippen LogP contribution in [0, 0.1) is 0 Å². The third kappa shape index (κ3) is 4.06. The molecule has 1 aliphatic rings. The van der Waals surface area contributed by atoms with Gasteiger partial charge in [0.1, 0.15) is 0 Å². The average Bonchev–Trinajstić information content (AvgIpc) is 2.49. The van der Waals surface area contributed by atoms with E-state index in [0.29, 0.717) is 51.0 Å². The lowest BCUT2D eigenvalue weighted by molar-refractivity contribution is -0.134. The summed E-state index contributed by atoms with van der Waals surface area (Å²) in [6.07, 6.45) is 3.59. The van der Waals surface area contributed by atoms with E-state index in [-0.39, 0.29) is 5.91 Å². The van der Waals surface area contributed by atoms with E-state index in [0.717, 1.165) is 0 Å². The molecule has 104 valence electrons. The summed E-state index contributed by atoms with van der Waals surface area (Å²) in [5.74, 6) is 1.23. The van der Waals surface area contributed by atoms with Crippen molar-refractivity contribution in [3.63, 3.8) is 0 Å². The lowest BCUT2D eigenvalue weighted by Crippen LogP contribution is -2.41. The number of ether oxygens (including phenoxy) is 2. The number of amides is 1. The van der Waals surface area contributed by atoms with Gasteiger partial charge >= 0.3 is 0 Å². The van der Waals surface area contributed by atoms with Crippen LogP contribution in [0.25, 0.3) is 0 Å². The maximum atomic E-state index is 11.9. The molecule has 2 heterocycles. The zero-order valence-corrected chi connectivity index (χ0v) is 11.0. The van der Waals surface area contributed by atoms with Crippen LogP contribution in [-0.4, -0.2) is 60.7 Å². The summed E-state index contributed by atoms with van der Waals surface area (Å²) in [7, 11) is 1.56. The molecule has 0 aromatic carbocycles. The smallest absolute Gasteiger partial charge is 0.224 e. The molecule has 1 amide bonds. The lowest BCUT2D eigenvalue weighted by Gasteiger charge is -2.26. The van der Waals surface area contributed by atoms with E-state index >= 15 is 0 Å². The van der Waals surface area contributed by atoms with Crippen molar-refractivity contribution in [1.29, 1.82) is 0 Å². The van der Waals surface area contributed by atoms with E-state index in [9.17, 15) is 4.79 Å². The van der Waals surface area contributed by atoms with Gasteiger partial charge in [0.05, 0.1) is 32.7 Å². The van der Waals surface area contributed by atoms with Gasteiger partial charge in [0, 0.05) is 26.1 Å². The Morgan fingerprint density at radius 2 is 2.11 bits per heavy atom. The van der Waals surface area contributed by atoms with Crippen molar-refractivity contribution < 1.29 is 14.3 Å². The number of aromatic nitrogens is 2. The van der Waals surface area contributed by atoms with Gasteiger partial charge in [-0.15, -0.1) is 0 Å². The predicted octanol–water partition coefficient (Wildman–Crippen LogP) is 0.146. The van der Waals surface area contributed by atoms with Crippen LogP contribution in [0.5, 0.6) is 5.75 Å². The molecule has 7 nitrogen and oxygen atoms in total. The van der Waals surface area contributed by atoms with E-state index in [1.165, 1.54) is 0 Å². The molecule has 0 saturated carbocycles. The van der Waals surface area contributed by atoms with Gasteiger partial charge in [0.2, 0.25) is 11.9 Å². The molecule has 0 atom stereocenters. The van der Waals surface area contributed by atoms with Gasteiger partial charge in [-0.2, -0.15) is 0 Å². The molecule has 0 radical (unpaired) electrons. The van der Waals surface area contributed by atoms with Crippen LogP contribution in [0.15, 0.2) is 12.4 Å². The van der Waals surface area contributed by atoms with Crippen LogP contribution in [0.2, 0.25) is 0 Å². The van der Waals surface area contributed by atoms with Gasteiger partial charge in [-0.05, 0) is 0 Å². The zero-order chi connectivity index (χ0) is 13.5. The highest BCUT2D eigenvalue weighted by molar-refractivity contribution is 5.76. The van der Waals surface area contributed by atoms with Gasteiger partial charge in [-0.3, -0.25) is 4.79 Å². The number of morpholine rings is 1. The Bertz CT molecular complexity index is 404. The summed E-state index contributed by atoms with van der Waals surface area (Å²) < 4.78 is 10.2. The SMILES string of the molecule is COc1cnc(NCCC(=O)N2CCOCC2)nc1. The number of anilines is 1. The van der Waals surface area contributed by atoms with Gasteiger partial charge < -0.3 is 19.7 Å². The van der Waals surface area contributed by atoms with Crippen molar-refractivity contribution in [3.8, 4) is 5.75 Å². The van der Waals surface area contributed by atoms with Crippen LogP contribution in [0.3, 0.4) is 0 Å². The van der Waals surface area contributed by atoms with Crippen molar-refractivity contribution in [2.45, 2.75) is 6.42 Å². The Kier molecular flexibility index (Phi) is 4.91. The average molecular weight is 266 g/mol. The van der Waals surface area contributed by atoms with Crippen molar-refractivity contribution in [3.05, 3.63) is 12.4 Å². The van der Waals surface area contributed by atoms with Gasteiger partial charge in [0.15, 0.2) is 5.75 Å². The Morgan fingerprint density at radius 3 is 2.74 bits per heavy atom. The van der Waals surface area contributed by atoms with Gasteiger partial charge in [-0.1, -0.05) is 0 Å². The summed E-state index contributed by atoms with van der Waals surface area (Å²) in [5, 5.41) is 3.01. The Morgan fingerprint density at radius 1 is 1.42 bits per heavy atom. The first kappa shape index (κ1) is 13.5. The number of carbonyl (C=O) groups is 1. The van der Waals surface area contributed by atoms with Crippen molar-refractivity contribution in [1.82, 2.24) is 14.9 Å². The summed E-state index contributed by atoms with van der Waals surface area (Å²) in [6, 6.07) is 0. The number of nitrogens with zero attached hydrogens (tertiary/aromatic N) is 3. The van der Waals surface area contributed by atoms with E-state index in [4.69, 9.17) is 9.47 Å². The molecule has 1 fully saturated rings. The minimum absolute atomic E-state index is 0.129. The fourth-order valence-corrected chi connectivity index (χ4v) is 1.76. The minimum atomic E-state index is 0.129. The maximum Gasteiger partial charge on any atom is 0.224 e.